The van der Waals surface area contributed by atoms with E-state index in [0.717, 1.165) is 31.7 Å². The lowest BCUT2D eigenvalue weighted by atomic mass is 9.82. The first-order chi connectivity index (χ1) is 15.9. The zero-order valence-electron chi connectivity index (χ0n) is 19.5. The lowest BCUT2D eigenvalue weighted by Crippen LogP contribution is -2.42. The standard InChI is InChI=1S/C25H30F3N3O3/c1-14(2)31(24(33)16-6-4-15(3)5-7-16)22-9-8-18(10-17(22)13-32)34-23-12-21(30)20(29)11-19(23)25(26,27)28/h8-16H,4-7,29-30H2,1-3H3. The minimum Gasteiger partial charge on any atom is -0.457 e. The molecule has 1 aliphatic carbocycles. The first-order valence-corrected chi connectivity index (χ1v) is 11.3. The van der Waals surface area contributed by atoms with Crippen LogP contribution in [0.3, 0.4) is 0 Å². The van der Waals surface area contributed by atoms with Crippen LogP contribution in [-0.2, 0) is 11.0 Å². The Morgan fingerprint density at radius 1 is 1.09 bits per heavy atom. The van der Waals surface area contributed by atoms with Crippen molar-refractivity contribution >= 4 is 29.3 Å². The van der Waals surface area contributed by atoms with Crippen LogP contribution in [0.5, 0.6) is 11.5 Å². The van der Waals surface area contributed by atoms with E-state index in [-0.39, 0.29) is 40.6 Å². The zero-order valence-corrected chi connectivity index (χ0v) is 19.5. The molecule has 2 aromatic rings. The number of carbonyl (C=O) groups excluding carboxylic acids is 2. The molecule has 0 spiro atoms. The van der Waals surface area contributed by atoms with Crippen molar-refractivity contribution in [2.45, 2.75) is 58.7 Å². The summed E-state index contributed by atoms with van der Waals surface area (Å²) in [4.78, 5) is 26.9. The summed E-state index contributed by atoms with van der Waals surface area (Å²) >= 11 is 0. The molecule has 0 saturated heterocycles. The van der Waals surface area contributed by atoms with Gasteiger partial charge in [-0.1, -0.05) is 6.92 Å². The molecule has 4 N–H and O–H groups in total. The minimum absolute atomic E-state index is 0.00293. The van der Waals surface area contributed by atoms with Crippen molar-refractivity contribution in [1.82, 2.24) is 0 Å². The number of ether oxygens (including phenoxy) is 1. The minimum atomic E-state index is -4.72. The molecule has 3 rings (SSSR count). The summed E-state index contributed by atoms with van der Waals surface area (Å²) in [5, 5.41) is 0. The quantitative estimate of drug-likeness (QED) is 0.390. The van der Waals surface area contributed by atoms with Crippen LogP contribution in [0, 0.1) is 11.8 Å². The van der Waals surface area contributed by atoms with Gasteiger partial charge < -0.3 is 21.1 Å². The molecule has 0 bridgehead atoms. The Labute approximate surface area is 197 Å². The monoisotopic (exact) mass is 477 g/mol. The van der Waals surface area contributed by atoms with Crippen molar-refractivity contribution in [2.75, 3.05) is 16.4 Å². The number of nitrogens with two attached hydrogens (primary N) is 2. The number of carbonyl (C=O) groups is 2. The maximum atomic E-state index is 13.5. The molecule has 0 aliphatic heterocycles. The van der Waals surface area contributed by atoms with Crippen molar-refractivity contribution in [1.29, 1.82) is 0 Å². The van der Waals surface area contributed by atoms with Gasteiger partial charge in [-0.15, -0.1) is 0 Å². The van der Waals surface area contributed by atoms with Gasteiger partial charge in [-0.3, -0.25) is 9.59 Å². The maximum Gasteiger partial charge on any atom is 0.420 e. The molecular formula is C25H30F3N3O3. The Morgan fingerprint density at radius 2 is 1.71 bits per heavy atom. The smallest absolute Gasteiger partial charge is 0.420 e. The van der Waals surface area contributed by atoms with Crippen molar-refractivity contribution in [3.8, 4) is 11.5 Å². The first kappa shape index (κ1) is 25.4. The largest absolute Gasteiger partial charge is 0.457 e. The molecule has 1 aliphatic rings. The van der Waals surface area contributed by atoms with Crippen LogP contribution in [0.4, 0.5) is 30.2 Å². The van der Waals surface area contributed by atoms with Crippen LogP contribution < -0.4 is 21.1 Å². The van der Waals surface area contributed by atoms with Gasteiger partial charge in [-0.2, -0.15) is 13.2 Å². The average Bonchev–Trinajstić information content (AvgIpc) is 2.76. The Morgan fingerprint density at radius 3 is 2.26 bits per heavy atom. The lowest BCUT2D eigenvalue weighted by Gasteiger charge is -2.34. The number of nitrogens with zero attached hydrogens (tertiary/aromatic N) is 1. The number of halogens is 3. The number of aldehydes is 1. The topological polar surface area (TPSA) is 98.7 Å². The van der Waals surface area contributed by atoms with Crippen molar-refractivity contribution in [2.24, 2.45) is 11.8 Å². The summed E-state index contributed by atoms with van der Waals surface area (Å²) in [6.45, 7) is 5.88. The van der Waals surface area contributed by atoms with E-state index in [4.69, 9.17) is 16.2 Å². The fraction of sp³-hybridized carbons (Fsp3) is 0.440. The highest BCUT2D eigenvalue weighted by Crippen LogP contribution is 2.42. The third kappa shape index (κ3) is 5.46. The number of amides is 1. The Balaban J connectivity index is 1.95. The molecule has 0 aromatic heterocycles. The summed E-state index contributed by atoms with van der Waals surface area (Å²) in [6, 6.07) is 5.77. The maximum absolute atomic E-state index is 13.5. The van der Waals surface area contributed by atoms with Gasteiger partial charge in [0.05, 0.1) is 17.1 Å². The Kier molecular flexibility index (Phi) is 7.43. The van der Waals surface area contributed by atoms with Gasteiger partial charge in [0.1, 0.15) is 17.1 Å². The second-order valence-electron chi connectivity index (χ2n) is 9.17. The third-order valence-electron chi connectivity index (χ3n) is 6.22. The van der Waals surface area contributed by atoms with E-state index in [1.807, 2.05) is 13.8 Å². The summed E-state index contributed by atoms with van der Waals surface area (Å²) in [6.07, 6.45) is -0.623. The molecule has 0 unspecified atom stereocenters. The predicted octanol–water partition coefficient (Wildman–Crippen LogP) is 6.04. The number of hydrogen-bond donors (Lipinski definition) is 2. The van der Waals surface area contributed by atoms with Gasteiger partial charge in [0, 0.05) is 23.6 Å². The number of hydrogen-bond acceptors (Lipinski definition) is 5. The summed E-state index contributed by atoms with van der Waals surface area (Å²) in [5.74, 6) is -0.118. The first-order valence-electron chi connectivity index (χ1n) is 11.3. The van der Waals surface area contributed by atoms with Crippen LogP contribution in [0.2, 0.25) is 0 Å². The van der Waals surface area contributed by atoms with Gasteiger partial charge >= 0.3 is 6.18 Å². The lowest BCUT2D eigenvalue weighted by molar-refractivity contribution is -0.138. The zero-order chi connectivity index (χ0) is 25.2. The molecule has 184 valence electrons. The van der Waals surface area contributed by atoms with E-state index in [0.29, 0.717) is 24.0 Å². The predicted molar refractivity (Wildman–Crippen MR) is 126 cm³/mol. The fourth-order valence-corrected chi connectivity index (χ4v) is 4.31. The average molecular weight is 478 g/mol. The highest BCUT2D eigenvalue weighted by molar-refractivity contribution is 6.00. The van der Waals surface area contributed by atoms with E-state index < -0.39 is 17.5 Å². The van der Waals surface area contributed by atoms with Gasteiger partial charge in [-0.05, 0) is 69.7 Å². The Hall–Kier alpha value is -3.23. The molecule has 6 nitrogen and oxygen atoms in total. The molecule has 0 radical (unpaired) electrons. The van der Waals surface area contributed by atoms with Gasteiger partial charge in [0.25, 0.3) is 0 Å². The van der Waals surface area contributed by atoms with Gasteiger partial charge in [0.2, 0.25) is 5.91 Å². The third-order valence-corrected chi connectivity index (χ3v) is 6.22. The van der Waals surface area contributed by atoms with Gasteiger partial charge in [-0.25, -0.2) is 0 Å². The molecular weight excluding hydrogens is 447 g/mol. The van der Waals surface area contributed by atoms with Crippen molar-refractivity contribution in [3.63, 3.8) is 0 Å². The SMILES string of the molecule is CC1CCC(C(=O)N(c2ccc(Oc3cc(N)c(N)cc3C(F)(F)F)cc2C=O)C(C)C)CC1. The fourth-order valence-electron chi connectivity index (χ4n) is 4.31. The highest BCUT2D eigenvalue weighted by atomic mass is 19.4. The van der Waals surface area contributed by atoms with Crippen LogP contribution >= 0.6 is 0 Å². The number of alkyl halides is 3. The number of benzene rings is 2. The van der Waals surface area contributed by atoms with Gasteiger partial charge in [0.15, 0.2) is 6.29 Å². The normalized spacial score (nSPS) is 18.6. The molecule has 1 fully saturated rings. The van der Waals surface area contributed by atoms with Crippen molar-refractivity contribution in [3.05, 3.63) is 41.5 Å². The van der Waals surface area contributed by atoms with Crippen LogP contribution in [0.1, 0.15) is 62.4 Å². The van der Waals surface area contributed by atoms with Crippen molar-refractivity contribution < 1.29 is 27.5 Å². The van der Waals surface area contributed by atoms with Crippen LogP contribution in [-0.4, -0.2) is 18.2 Å². The summed E-state index contributed by atoms with van der Waals surface area (Å²) in [5.41, 5.74) is 10.4. The molecule has 34 heavy (non-hydrogen) atoms. The number of anilines is 3. The molecule has 2 aromatic carbocycles. The van der Waals surface area contributed by atoms with E-state index in [1.54, 1.807) is 4.90 Å². The molecule has 1 saturated carbocycles. The van der Waals surface area contributed by atoms with E-state index in [9.17, 15) is 22.8 Å². The Bertz CT molecular complexity index is 1060. The molecule has 0 heterocycles. The summed E-state index contributed by atoms with van der Waals surface area (Å²) in [7, 11) is 0. The highest BCUT2D eigenvalue weighted by Gasteiger charge is 2.36. The summed E-state index contributed by atoms with van der Waals surface area (Å²) < 4.78 is 45.9. The van der Waals surface area contributed by atoms with Crippen LogP contribution in [0.25, 0.3) is 0 Å². The molecule has 9 heteroatoms. The van der Waals surface area contributed by atoms with Crippen LogP contribution in [0.15, 0.2) is 30.3 Å². The van der Waals surface area contributed by atoms with E-state index >= 15 is 0 Å². The van der Waals surface area contributed by atoms with E-state index in [2.05, 4.69) is 6.92 Å². The van der Waals surface area contributed by atoms with E-state index in [1.165, 1.54) is 18.2 Å². The second-order valence-corrected chi connectivity index (χ2v) is 9.17. The molecule has 1 amide bonds. The second kappa shape index (κ2) is 9.95. The number of rotatable bonds is 6. The number of nitrogen functional groups attached to an aromatic ring is 2. The molecule has 0 atom stereocenters.